The van der Waals surface area contributed by atoms with Crippen molar-refractivity contribution in [1.29, 1.82) is 0 Å². The molecule has 0 saturated carbocycles. The zero-order chi connectivity index (χ0) is 11.9. The van der Waals surface area contributed by atoms with Crippen LogP contribution in [-0.2, 0) is 4.79 Å². The summed E-state index contributed by atoms with van der Waals surface area (Å²) >= 11 is 0. The summed E-state index contributed by atoms with van der Waals surface area (Å²) in [6.07, 6.45) is 1.08. The molecule has 0 aromatic heterocycles. The average Bonchev–Trinajstić information content (AvgIpc) is 2.42. The van der Waals surface area contributed by atoms with Gasteiger partial charge < -0.3 is 10.6 Å². The maximum absolute atomic E-state index is 12.1. The SMILES string of the molecule is CC1(C)CCN(C(=O)C(N)C(C)(C)C)C1. The molecular formula is C12H24N2O. The summed E-state index contributed by atoms with van der Waals surface area (Å²) in [6, 6.07) is -0.383. The molecule has 1 heterocycles. The van der Waals surface area contributed by atoms with Crippen molar-refractivity contribution in [3.63, 3.8) is 0 Å². The standard InChI is InChI=1S/C12H24N2O/c1-11(2,3)9(13)10(15)14-7-6-12(4,5)8-14/h9H,6-8,13H2,1-5H3. The minimum Gasteiger partial charge on any atom is -0.341 e. The third-order valence-corrected chi connectivity index (χ3v) is 3.19. The van der Waals surface area contributed by atoms with Crippen LogP contribution in [0, 0.1) is 10.8 Å². The highest BCUT2D eigenvalue weighted by Gasteiger charge is 2.37. The maximum atomic E-state index is 12.1. The number of carbonyl (C=O) groups excluding carboxylic acids is 1. The van der Waals surface area contributed by atoms with Crippen molar-refractivity contribution in [3.8, 4) is 0 Å². The molecule has 1 rings (SSSR count). The second-order valence-corrected chi connectivity index (χ2v) is 6.52. The van der Waals surface area contributed by atoms with Crippen LogP contribution in [0.5, 0.6) is 0 Å². The topological polar surface area (TPSA) is 46.3 Å². The van der Waals surface area contributed by atoms with Crippen molar-refractivity contribution in [2.75, 3.05) is 13.1 Å². The van der Waals surface area contributed by atoms with Gasteiger partial charge in [0, 0.05) is 13.1 Å². The van der Waals surface area contributed by atoms with E-state index >= 15 is 0 Å². The van der Waals surface area contributed by atoms with E-state index in [1.165, 1.54) is 0 Å². The lowest BCUT2D eigenvalue weighted by Gasteiger charge is -2.30. The number of hydrogen-bond donors (Lipinski definition) is 1. The van der Waals surface area contributed by atoms with Gasteiger partial charge in [0.15, 0.2) is 0 Å². The Bertz CT molecular complexity index is 253. The highest BCUT2D eigenvalue weighted by Crippen LogP contribution is 2.30. The minimum atomic E-state index is -0.383. The quantitative estimate of drug-likeness (QED) is 0.718. The molecule has 0 aliphatic carbocycles. The predicted octanol–water partition coefficient (Wildman–Crippen LogP) is 1.62. The smallest absolute Gasteiger partial charge is 0.240 e. The monoisotopic (exact) mass is 212 g/mol. The Morgan fingerprint density at radius 1 is 1.40 bits per heavy atom. The molecule has 0 radical (unpaired) electrons. The lowest BCUT2D eigenvalue weighted by molar-refractivity contribution is -0.134. The largest absolute Gasteiger partial charge is 0.341 e. The van der Waals surface area contributed by atoms with Gasteiger partial charge in [-0.2, -0.15) is 0 Å². The number of carbonyl (C=O) groups is 1. The fraction of sp³-hybridized carbons (Fsp3) is 0.917. The van der Waals surface area contributed by atoms with Crippen LogP contribution in [0.4, 0.5) is 0 Å². The molecule has 1 saturated heterocycles. The molecule has 0 bridgehead atoms. The first-order valence-corrected chi connectivity index (χ1v) is 5.68. The van der Waals surface area contributed by atoms with Crippen LogP contribution < -0.4 is 5.73 Å². The molecule has 3 nitrogen and oxygen atoms in total. The van der Waals surface area contributed by atoms with Crippen LogP contribution in [0.15, 0.2) is 0 Å². The van der Waals surface area contributed by atoms with Gasteiger partial charge in [-0.25, -0.2) is 0 Å². The fourth-order valence-electron chi connectivity index (χ4n) is 1.87. The fourth-order valence-corrected chi connectivity index (χ4v) is 1.87. The van der Waals surface area contributed by atoms with Gasteiger partial charge in [-0.1, -0.05) is 34.6 Å². The number of hydrogen-bond acceptors (Lipinski definition) is 2. The molecule has 2 N–H and O–H groups in total. The summed E-state index contributed by atoms with van der Waals surface area (Å²) in [7, 11) is 0. The van der Waals surface area contributed by atoms with E-state index in [-0.39, 0.29) is 22.8 Å². The van der Waals surface area contributed by atoms with E-state index in [4.69, 9.17) is 5.73 Å². The van der Waals surface area contributed by atoms with Crippen LogP contribution >= 0.6 is 0 Å². The first-order valence-electron chi connectivity index (χ1n) is 5.68. The molecule has 0 aromatic carbocycles. The number of nitrogens with zero attached hydrogens (tertiary/aromatic N) is 1. The molecule has 15 heavy (non-hydrogen) atoms. The van der Waals surface area contributed by atoms with Crippen LogP contribution in [0.2, 0.25) is 0 Å². The zero-order valence-corrected chi connectivity index (χ0v) is 10.6. The summed E-state index contributed by atoms with van der Waals surface area (Å²) < 4.78 is 0. The molecule has 0 aromatic rings. The molecule has 1 fully saturated rings. The summed E-state index contributed by atoms with van der Waals surface area (Å²) in [5, 5.41) is 0. The lowest BCUT2D eigenvalue weighted by atomic mass is 9.86. The molecule has 0 spiro atoms. The Balaban J connectivity index is 2.64. The van der Waals surface area contributed by atoms with E-state index in [1.807, 2.05) is 25.7 Å². The maximum Gasteiger partial charge on any atom is 0.240 e. The van der Waals surface area contributed by atoms with Crippen LogP contribution in [0.25, 0.3) is 0 Å². The molecule has 1 amide bonds. The van der Waals surface area contributed by atoms with Gasteiger partial charge in [0.2, 0.25) is 5.91 Å². The third-order valence-electron chi connectivity index (χ3n) is 3.19. The molecule has 1 unspecified atom stereocenters. The van der Waals surface area contributed by atoms with E-state index < -0.39 is 0 Å². The van der Waals surface area contributed by atoms with E-state index in [0.29, 0.717) is 0 Å². The average molecular weight is 212 g/mol. The molecule has 88 valence electrons. The van der Waals surface area contributed by atoms with Crippen LogP contribution in [0.1, 0.15) is 41.0 Å². The number of nitrogens with two attached hydrogens (primary N) is 1. The molecule has 1 aliphatic rings. The zero-order valence-electron chi connectivity index (χ0n) is 10.6. The van der Waals surface area contributed by atoms with Crippen molar-refractivity contribution >= 4 is 5.91 Å². The summed E-state index contributed by atoms with van der Waals surface area (Å²) in [5.41, 5.74) is 6.08. The normalized spacial score (nSPS) is 22.9. The number of likely N-dealkylation sites (tertiary alicyclic amines) is 1. The van der Waals surface area contributed by atoms with E-state index in [9.17, 15) is 4.79 Å². The first-order chi connectivity index (χ1) is 6.63. The van der Waals surface area contributed by atoms with Crippen LogP contribution in [0.3, 0.4) is 0 Å². The Kier molecular flexibility index (Phi) is 3.15. The van der Waals surface area contributed by atoms with Gasteiger partial charge in [-0.05, 0) is 17.3 Å². The van der Waals surface area contributed by atoms with Gasteiger partial charge in [0.25, 0.3) is 0 Å². The van der Waals surface area contributed by atoms with E-state index in [0.717, 1.165) is 19.5 Å². The number of amides is 1. The van der Waals surface area contributed by atoms with Crippen LogP contribution in [-0.4, -0.2) is 29.9 Å². The van der Waals surface area contributed by atoms with Crippen molar-refractivity contribution < 1.29 is 4.79 Å². The molecule has 1 atom stereocenters. The van der Waals surface area contributed by atoms with Gasteiger partial charge in [0.05, 0.1) is 6.04 Å². The number of rotatable bonds is 1. The molecule has 3 heteroatoms. The van der Waals surface area contributed by atoms with Gasteiger partial charge in [-0.15, -0.1) is 0 Å². The predicted molar refractivity (Wildman–Crippen MR) is 62.4 cm³/mol. The Morgan fingerprint density at radius 3 is 2.27 bits per heavy atom. The second-order valence-electron chi connectivity index (χ2n) is 6.52. The summed E-state index contributed by atoms with van der Waals surface area (Å²) in [6.45, 7) is 12.1. The second kappa shape index (κ2) is 3.78. The Hall–Kier alpha value is -0.570. The van der Waals surface area contributed by atoms with Crippen molar-refractivity contribution in [1.82, 2.24) is 4.90 Å². The van der Waals surface area contributed by atoms with Crippen molar-refractivity contribution in [2.24, 2.45) is 16.6 Å². The van der Waals surface area contributed by atoms with E-state index in [1.54, 1.807) is 0 Å². The van der Waals surface area contributed by atoms with Gasteiger partial charge in [0.1, 0.15) is 0 Å². The third kappa shape index (κ3) is 2.94. The Labute approximate surface area is 93.0 Å². The summed E-state index contributed by atoms with van der Waals surface area (Å²) in [4.78, 5) is 14.0. The first kappa shape index (κ1) is 12.5. The Morgan fingerprint density at radius 2 is 1.93 bits per heavy atom. The highest BCUT2D eigenvalue weighted by atomic mass is 16.2. The molecular weight excluding hydrogens is 188 g/mol. The molecule has 1 aliphatic heterocycles. The van der Waals surface area contributed by atoms with Gasteiger partial charge in [-0.3, -0.25) is 4.79 Å². The van der Waals surface area contributed by atoms with Crippen molar-refractivity contribution in [2.45, 2.75) is 47.1 Å². The van der Waals surface area contributed by atoms with Crippen molar-refractivity contribution in [3.05, 3.63) is 0 Å². The minimum absolute atomic E-state index is 0.105. The summed E-state index contributed by atoms with van der Waals surface area (Å²) in [5.74, 6) is 0.105. The highest BCUT2D eigenvalue weighted by molar-refractivity contribution is 5.82. The van der Waals surface area contributed by atoms with E-state index in [2.05, 4.69) is 13.8 Å². The lowest BCUT2D eigenvalue weighted by Crippen LogP contribution is -2.50. The van der Waals surface area contributed by atoms with Gasteiger partial charge >= 0.3 is 0 Å².